The summed E-state index contributed by atoms with van der Waals surface area (Å²) in [5.74, 6) is 0.995. The van der Waals surface area contributed by atoms with Gasteiger partial charge in [-0.1, -0.05) is 42.5 Å². The summed E-state index contributed by atoms with van der Waals surface area (Å²) in [5, 5.41) is 2.00. The van der Waals surface area contributed by atoms with E-state index >= 15 is 0 Å². The van der Waals surface area contributed by atoms with Gasteiger partial charge in [-0.05, 0) is 54.0 Å². The molecule has 4 rings (SSSR count). The second-order valence-corrected chi connectivity index (χ2v) is 10.8. The molecule has 1 atom stereocenters. The van der Waals surface area contributed by atoms with Crippen LogP contribution >= 0.6 is 11.3 Å². The fraction of sp³-hybridized carbons (Fsp3) is 0.419. The predicted molar refractivity (Wildman–Crippen MR) is 155 cm³/mol. The topological polar surface area (TPSA) is 77.5 Å². The maximum atomic E-state index is 13.7. The molecule has 0 spiro atoms. The van der Waals surface area contributed by atoms with Crippen LogP contribution in [0.25, 0.3) is 0 Å². The average molecular weight is 567 g/mol. The number of rotatable bonds is 15. The number of carbonyl (C=O) groups excluding carboxylic acids is 2. The van der Waals surface area contributed by atoms with E-state index < -0.39 is 0 Å². The molecule has 2 aromatic carbocycles. The van der Waals surface area contributed by atoms with Crippen molar-refractivity contribution in [3.05, 3.63) is 82.0 Å². The van der Waals surface area contributed by atoms with Crippen molar-refractivity contribution in [2.45, 2.75) is 38.5 Å². The second kappa shape index (κ2) is 15.4. The standard InChI is InChI=1S/C31H38N2O6S/c1-36-28-13-12-24(18-29(28)37-2)14-15-32(20-27-11-7-17-40-27)30(34)21-33(19-26-10-6-16-39-26)31(35)23-38-22-25-8-4-3-5-9-25/h3-5,7-9,11-13,17-18,26H,6,10,14-16,19-23H2,1-2H3. The molecule has 3 aromatic rings. The van der Waals surface area contributed by atoms with Gasteiger partial charge in [-0.25, -0.2) is 0 Å². The highest BCUT2D eigenvalue weighted by Gasteiger charge is 2.26. The van der Waals surface area contributed by atoms with Crippen LogP contribution in [0.3, 0.4) is 0 Å². The molecule has 0 aliphatic carbocycles. The first-order chi connectivity index (χ1) is 19.6. The summed E-state index contributed by atoms with van der Waals surface area (Å²) in [7, 11) is 3.22. The maximum Gasteiger partial charge on any atom is 0.249 e. The molecule has 9 heteroatoms. The Morgan fingerprint density at radius 2 is 1.77 bits per heavy atom. The van der Waals surface area contributed by atoms with Crippen LogP contribution in [-0.2, 0) is 38.6 Å². The van der Waals surface area contributed by atoms with Gasteiger partial charge in [0.15, 0.2) is 11.5 Å². The van der Waals surface area contributed by atoms with Gasteiger partial charge in [-0.2, -0.15) is 0 Å². The molecule has 1 aromatic heterocycles. The van der Waals surface area contributed by atoms with Crippen molar-refractivity contribution >= 4 is 23.2 Å². The first-order valence-electron chi connectivity index (χ1n) is 13.6. The Bertz CT molecular complexity index is 1200. The number of amides is 2. The average Bonchev–Trinajstić information content (AvgIpc) is 3.70. The summed E-state index contributed by atoms with van der Waals surface area (Å²) in [6, 6.07) is 19.5. The third-order valence-corrected chi connectivity index (χ3v) is 7.72. The normalized spacial score (nSPS) is 14.6. The third kappa shape index (κ3) is 8.81. The number of thiophene rings is 1. The van der Waals surface area contributed by atoms with Crippen LogP contribution in [0, 0.1) is 0 Å². The number of carbonyl (C=O) groups is 2. The van der Waals surface area contributed by atoms with Crippen molar-refractivity contribution in [3.8, 4) is 11.5 Å². The van der Waals surface area contributed by atoms with Crippen LogP contribution in [0.2, 0.25) is 0 Å². The van der Waals surface area contributed by atoms with E-state index in [2.05, 4.69) is 0 Å². The smallest absolute Gasteiger partial charge is 0.249 e. The molecule has 0 saturated carbocycles. The highest BCUT2D eigenvalue weighted by Crippen LogP contribution is 2.28. The van der Waals surface area contributed by atoms with Crippen LogP contribution in [-0.4, -0.2) is 74.8 Å². The van der Waals surface area contributed by atoms with Crippen molar-refractivity contribution in [2.24, 2.45) is 0 Å². The van der Waals surface area contributed by atoms with Crippen molar-refractivity contribution in [3.63, 3.8) is 0 Å². The number of hydrogen-bond acceptors (Lipinski definition) is 7. The molecule has 1 aliphatic rings. The van der Waals surface area contributed by atoms with Gasteiger partial charge in [-0.3, -0.25) is 9.59 Å². The second-order valence-electron chi connectivity index (χ2n) is 9.72. The zero-order chi connectivity index (χ0) is 28.2. The third-order valence-electron chi connectivity index (χ3n) is 6.86. The van der Waals surface area contributed by atoms with Gasteiger partial charge in [0.1, 0.15) is 6.61 Å². The lowest BCUT2D eigenvalue weighted by Gasteiger charge is -2.29. The van der Waals surface area contributed by atoms with Crippen molar-refractivity contribution in [2.75, 3.05) is 47.1 Å². The fourth-order valence-corrected chi connectivity index (χ4v) is 5.38. The lowest BCUT2D eigenvalue weighted by molar-refractivity contribution is -0.145. The molecule has 2 amide bonds. The number of methoxy groups -OCH3 is 2. The first-order valence-corrected chi connectivity index (χ1v) is 14.5. The van der Waals surface area contributed by atoms with E-state index in [1.165, 1.54) is 0 Å². The SMILES string of the molecule is COc1ccc(CCN(Cc2cccs2)C(=O)CN(CC2CCCO2)C(=O)COCc2ccccc2)cc1OC. The van der Waals surface area contributed by atoms with E-state index in [0.717, 1.165) is 28.8 Å². The van der Waals surface area contributed by atoms with Crippen LogP contribution in [0.1, 0.15) is 28.8 Å². The van der Waals surface area contributed by atoms with Crippen molar-refractivity contribution in [1.82, 2.24) is 9.80 Å². The zero-order valence-electron chi connectivity index (χ0n) is 23.3. The Hall–Kier alpha value is -3.40. The Labute approximate surface area is 240 Å². The Balaban J connectivity index is 1.42. The maximum absolute atomic E-state index is 13.7. The number of ether oxygens (including phenoxy) is 4. The Morgan fingerprint density at radius 1 is 0.950 bits per heavy atom. The molecule has 1 aliphatic heterocycles. The number of nitrogens with zero attached hydrogens (tertiary/aromatic N) is 2. The minimum atomic E-state index is -0.212. The summed E-state index contributed by atoms with van der Waals surface area (Å²) in [4.78, 5) is 31.5. The van der Waals surface area contributed by atoms with Gasteiger partial charge in [0, 0.05) is 24.6 Å². The van der Waals surface area contributed by atoms with Crippen LogP contribution in [0.4, 0.5) is 0 Å². The zero-order valence-corrected chi connectivity index (χ0v) is 24.1. The van der Waals surface area contributed by atoms with Gasteiger partial charge in [0.2, 0.25) is 11.8 Å². The van der Waals surface area contributed by atoms with Gasteiger partial charge in [-0.15, -0.1) is 11.3 Å². The molecule has 1 fully saturated rings. The molecule has 40 heavy (non-hydrogen) atoms. The predicted octanol–water partition coefficient (Wildman–Crippen LogP) is 4.56. The molecular formula is C31H38N2O6S. The molecule has 2 heterocycles. The van der Waals surface area contributed by atoms with Crippen LogP contribution < -0.4 is 9.47 Å². The van der Waals surface area contributed by atoms with E-state index in [0.29, 0.717) is 50.8 Å². The minimum absolute atomic E-state index is 0.0231. The molecule has 1 saturated heterocycles. The quantitative estimate of drug-likeness (QED) is 0.269. The van der Waals surface area contributed by atoms with E-state index in [1.807, 2.05) is 70.9 Å². The Morgan fingerprint density at radius 3 is 2.48 bits per heavy atom. The minimum Gasteiger partial charge on any atom is -0.493 e. The molecule has 1 unspecified atom stereocenters. The van der Waals surface area contributed by atoms with Crippen molar-refractivity contribution < 1.29 is 28.5 Å². The van der Waals surface area contributed by atoms with E-state index in [4.69, 9.17) is 18.9 Å². The highest BCUT2D eigenvalue weighted by molar-refractivity contribution is 7.09. The molecular weight excluding hydrogens is 528 g/mol. The summed E-state index contributed by atoms with van der Waals surface area (Å²) >= 11 is 1.61. The van der Waals surface area contributed by atoms with E-state index in [9.17, 15) is 9.59 Å². The fourth-order valence-electron chi connectivity index (χ4n) is 4.66. The van der Waals surface area contributed by atoms with Crippen molar-refractivity contribution in [1.29, 1.82) is 0 Å². The molecule has 0 radical (unpaired) electrons. The van der Waals surface area contributed by atoms with Crippen LogP contribution in [0.15, 0.2) is 66.0 Å². The summed E-state index contributed by atoms with van der Waals surface area (Å²) in [6.45, 7) is 2.26. The lowest BCUT2D eigenvalue weighted by atomic mass is 10.1. The summed E-state index contributed by atoms with van der Waals surface area (Å²) < 4.78 is 22.3. The molecule has 0 N–H and O–H groups in total. The van der Waals surface area contributed by atoms with Crippen LogP contribution in [0.5, 0.6) is 11.5 Å². The monoisotopic (exact) mass is 566 g/mol. The lowest BCUT2D eigenvalue weighted by Crippen LogP contribution is -2.47. The molecule has 0 bridgehead atoms. The number of benzene rings is 2. The van der Waals surface area contributed by atoms with Gasteiger partial charge in [0.25, 0.3) is 0 Å². The van der Waals surface area contributed by atoms with E-state index in [-0.39, 0.29) is 31.1 Å². The Kier molecular flexibility index (Phi) is 11.4. The first kappa shape index (κ1) is 29.6. The summed E-state index contributed by atoms with van der Waals surface area (Å²) in [6.07, 6.45) is 2.41. The largest absolute Gasteiger partial charge is 0.493 e. The van der Waals surface area contributed by atoms with Gasteiger partial charge in [0.05, 0.1) is 40.0 Å². The van der Waals surface area contributed by atoms with Gasteiger partial charge < -0.3 is 28.7 Å². The highest BCUT2D eigenvalue weighted by atomic mass is 32.1. The number of hydrogen-bond donors (Lipinski definition) is 0. The molecule has 214 valence electrons. The van der Waals surface area contributed by atoms with Gasteiger partial charge >= 0.3 is 0 Å². The molecule has 8 nitrogen and oxygen atoms in total. The summed E-state index contributed by atoms with van der Waals surface area (Å²) in [5.41, 5.74) is 2.03. The van der Waals surface area contributed by atoms with E-state index in [1.54, 1.807) is 30.5 Å².